The molecule has 1 rings (SSSR count). The first-order chi connectivity index (χ1) is 7.79. The minimum absolute atomic E-state index is 0.233. The van der Waals surface area contributed by atoms with Crippen LogP contribution in [-0.4, -0.2) is 16.7 Å². The SMILES string of the molecule is CC(C)(C)OC(=O)Nc1ccccc1C(N)=S. The van der Waals surface area contributed by atoms with Crippen LogP contribution < -0.4 is 11.1 Å². The van der Waals surface area contributed by atoms with Crippen molar-refractivity contribution in [1.82, 2.24) is 0 Å². The molecule has 0 bridgehead atoms. The van der Waals surface area contributed by atoms with E-state index in [1.54, 1.807) is 45.0 Å². The van der Waals surface area contributed by atoms with Gasteiger partial charge in [0.2, 0.25) is 0 Å². The van der Waals surface area contributed by atoms with Gasteiger partial charge in [-0.05, 0) is 32.9 Å². The highest BCUT2D eigenvalue weighted by Crippen LogP contribution is 2.16. The van der Waals surface area contributed by atoms with Crippen molar-refractivity contribution in [2.24, 2.45) is 5.73 Å². The number of amides is 1. The molecule has 0 heterocycles. The molecule has 0 saturated heterocycles. The number of anilines is 1. The minimum atomic E-state index is -0.539. The average molecular weight is 252 g/mol. The van der Waals surface area contributed by atoms with E-state index < -0.39 is 11.7 Å². The van der Waals surface area contributed by atoms with E-state index >= 15 is 0 Å². The molecule has 0 saturated carbocycles. The predicted octanol–water partition coefficient (Wildman–Crippen LogP) is 2.67. The zero-order valence-electron chi connectivity index (χ0n) is 10.1. The summed E-state index contributed by atoms with van der Waals surface area (Å²) in [6.45, 7) is 5.39. The Morgan fingerprint density at radius 1 is 1.35 bits per heavy atom. The summed E-state index contributed by atoms with van der Waals surface area (Å²) in [6, 6.07) is 7.05. The van der Waals surface area contributed by atoms with Crippen LogP contribution in [0.3, 0.4) is 0 Å². The van der Waals surface area contributed by atoms with E-state index in [9.17, 15) is 4.79 Å². The van der Waals surface area contributed by atoms with Gasteiger partial charge in [0, 0.05) is 5.56 Å². The Morgan fingerprint density at radius 3 is 2.47 bits per heavy atom. The average Bonchev–Trinajstić information content (AvgIpc) is 2.14. The fourth-order valence-electron chi connectivity index (χ4n) is 1.22. The normalized spacial score (nSPS) is 10.8. The van der Waals surface area contributed by atoms with Gasteiger partial charge in [-0.2, -0.15) is 0 Å². The molecular weight excluding hydrogens is 236 g/mol. The molecular formula is C12H16N2O2S. The summed E-state index contributed by atoms with van der Waals surface area (Å²) in [6.07, 6.45) is -0.527. The molecule has 4 nitrogen and oxygen atoms in total. The molecule has 1 aromatic rings. The van der Waals surface area contributed by atoms with Crippen molar-refractivity contribution in [3.05, 3.63) is 29.8 Å². The third-order valence-corrected chi connectivity index (χ3v) is 2.05. The van der Waals surface area contributed by atoms with E-state index in [4.69, 9.17) is 22.7 Å². The standard InChI is InChI=1S/C12H16N2O2S/c1-12(2,3)16-11(15)14-9-7-5-4-6-8(9)10(13)17/h4-7H,1-3H3,(H2,13,17)(H,14,15). The van der Waals surface area contributed by atoms with Gasteiger partial charge in [0.05, 0.1) is 5.69 Å². The van der Waals surface area contributed by atoms with Gasteiger partial charge in [-0.1, -0.05) is 24.4 Å². The van der Waals surface area contributed by atoms with Crippen molar-refractivity contribution in [2.75, 3.05) is 5.32 Å². The molecule has 1 amide bonds. The molecule has 17 heavy (non-hydrogen) atoms. The summed E-state index contributed by atoms with van der Waals surface area (Å²) in [4.78, 5) is 11.8. The minimum Gasteiger partial charge on any atom is -0.444 e. The Morgan fingerprint density at radius 2 is 1.94 bits per heavy atom. The highest BCUT2D eigenvalue weighted by Gasteiger charge is 2.17. The van der Waals surface area contributed by atoms with Crippen LogP contribution in [0.2, 0.25) is 0 Å². The molecule has 0 radical (unpaired) electrons. The first-order valence-electron chi connectivity index (χ1n) is 5.18. The third kappa shape index (κ3) is 4.40. The van der Waals surface area contributed by atoms with Gasteiger partial charge in [-0.25, -0.2) is 4.79 Å². The van der Waals surface area contributed by atoms with Gasteiger partial charge >= 0.3 is 6.09 Å². The number of rotatable bonds is 2. The smallest absolute Gasteiger partial charge is 0.412 e. The maximum atomic E-state index is 11.6. The molecule has 0 fully saturated rings. The zero-order valence-corrected chi connectivity index (χ0v) is 10.9. The molecule has 0 aliphatic heterocycles. The summed E-state index contributed by atoms with van der Waals surface area (Å²) >= 11 is 4.90. The van der Waals surface area contributed by atoms with Crippen molar-refractivity contribution in [3.63, 3.8) is 0 Å². The maximum Gasteiger partial charge on any atom is 0.412 e. The fourth-order valence-corrected chi connectivity index (χ4v) is 1.40. The largest absolute Gasteiger partial charge is 0.444 e. The van der Waals surface area contributed by atoms with Crippen LogP contribution in [0.5, 0.6) is 0 Å². The highest BCUT2D eigenvalue weighted by atomic mass is 32.1. The summed E-state index contributed by atoms with van der Waals surface area (Å²) in [5.41, 5.74) is 6.19. The van der Waals surface area contributed by atoms with Crippen molar-refractivity contribution in [3.8, 4) is 0 Å². The second-order valence-corrected chi connectivity index (χ2v) is 4.98. The lowest BCUT2D eigenvalue weighted by atomic mass is 10.2. The number of benzene rings is 1. The zero-order chi connectivity index (χ0) is 13.1. The van der Waals surface area contributed by atoms with Gasteiger partial charge < -0.3 is 10.5 Å². The maximum absolute atomic E-state index is 11.6. The molecule has 5 heteroatoms. The van der Waals surface area contributed by atoms with Crippen LogP contribution in [0.4, 0.5) is 10.5 Å². The fraction of sp³-hybridized carbons (Fsp3) is 0.333. The van der Waals surface area contributed by atoms with Crippen LogP contribution in [0.25, 0.3) is 0 Å². The van der Waals surface area contributed by atoms with Crippen molar-refractivity contribution >= 4 is 29.0 Å². The Bertz CT molecular complexity index is 438. The van der Waals surface area contributed by atoms with Crippen LogP contribution >= 0.6 is 12.2 Å². The third-order valence-electron chi connectivity index (χ3n) is 1.83. The van der Waals surface area contributed by atoms with Crippen molar-refractivity contribution in [1.29, 1.82) is 0 Å². The molecule has 0 unspecified atom stereocenters. The monoisotopic (exact) mass is 252 g/mol. The number of hydrogen-bond donors (Lipinski definition) is 2. The van der Waals surface area contributed by atoms with E-state index in [1.165, 1.54) is 0 Å². The number of nitrogens with two attached hydrogens (primary N) is 1. The van der Waals surface area contributed by atoms with Gasteiger partial charge in [0.25, 0.3) is 0 Å². The first kappa shape index (κ1) is 13.4. The number of nitrogens with one attached hydrogen (secondary N) is 1. The van der Waals surface area contributed by atoms with Crippen molar-refractivity contribution < 1.29 is 9.53 Å². The lowest BCUT2D eigenvalue weighted by Crippen LogP contribution is -2.28. The molecule has 92 valence electrons. The van der Waals surface area contributed by atoms with E-state index in [1.807, 2.05) is 0 Å². The molecule has 0 aliphatic carbocycles. The lowest BCUT2D eigenvalue weighted by molar-refractivity contribution is 0.0636. The number of carbonyl (C=O) groups is 1. The number of hydrogen-bond acceptors (Lipinski definition) is 3. The second-order valence-electron chi connectivity index (χ2n) is 4.54. The predicted molar refractivity (Wildman–Crippen MR) is 72.2 cm³/mol. The molecule has 0 atom stereocenters. The van der Waals surface area contributed by atoms with E-state index in [0.717, 1.165) is 0 Å². The molecule has 0 spiro atoms. The summed E-state index contributed by atoms with van der Waals surface area (Å²) in [5.74, 6) is 0. The molecule has 1 aromatic carbocycles. The van der Waals surface area contributed by atoms with Crippen LogP contribution in [0, 0.1) is 0 Å². The number of carbonyl (C=O) groups excluding carboxylic acids is 1. The second kappa shape index (κ2) is 5.14. The van der Waals surface area contributed by atoms with Gasteiger partial charge in [0.1, 0.15) is 10.6 Å². The summed E-state index contributed by atoms with van der Waals surface area (Å²) < 4.78 is 5.14. The van der Waals surface area contributed by atoms with Crippen molar-refractivity contribution in [2.45, 2.75) is 26.4 Å². The lowest BCUT2D eigenvalue weighted by Gasteiger charge is -2.20. The Balaban J connectivity index is 2.82. The van der Waals surface area contributed by atoms with Crippen LogP contribution in [0.1, 0.15) is 26.3 Å². The summed E-state index contributed by atoms with van der Waals surface area (Å²) in [7, 11) is 0. The molecule has 0 aromatic heterocycles. The Kier molecular flexibility index (Phi) is 4.07. The van der Waals surface area contributed by atoms with Crippen LogP contribution in [-0.2, 0) is 4.74 Å². The highest BCUT2D eigenvalue weighted by molar-refractivity contribution is 7.80. The summed E-state index contributed by atoms with van der Waals surface area (Å²) in [5, 5.41) is 2.62. The number of ether oxygens (including phenoxy) is 1. The quantitative estimate of drug-likeness (QED) is 0.794. The van der Waals surface area contributed by atoms with E-state index in [0.29, 0.717) is 11.3 Å². The Hall–Kier alpha value is -1.62. The van der Waals surface area contributed by atoms with E-state index in [2.05, 4.69) is 5.32 Å². The number of para-hydroxylation sites is 1. The van der Waals surface area contributed by atoms with E-state index in [-0.39, 0.29) is 4.99 Å². The topological polar surface area (TPSA) is 64.3 Å². The first-order valence-corrected chi connectivity index (χ1v) is 5.59. The molecule has 0 aliphatic rings. The van der Waals surface area contributed by atoms with Gasteiger partial charge in [-0.3, -0.25) is 5.32 Å². The molecule has 3 N–H and O–H groups in total. The Labute approximate surface area is 106 Å². The van der Waals surface area contributed by atoms with Gasteiger partial charge in [-0.15, -0.1) is 0 Å². The van der Waals surface area contributed by atoms with Crippen LogP contribution in [0.15, 0.2) is 24.3 Å². The van der Waals surface area contributed by atoms with Gasteiger partial charge in [0.15, 0.2) is 0 Å². The number of thiocarbonyl (C=S) groups is 1.